The Bertz CT molecular complexity index is 445. The van der Waals surface area contributed by atoms with Gasteiger partial charge in [0.15, 0.2) is 6.61 Å². The molecule has 21 heavy (non-hydrogen) atoms. The van der Waals surface area contributed by atoms with Gasteiger partial charge in [0.1, 0.15) is 5.75 Å². The first-order chi connectivity index (χ1) is 10.2. The molecule has 116 valence electrons. The maximum Gasteiger partial charge on any atom is 0.276 e. The summed E-state index contributed by atoms with van der Waals surface area (Å²) in [5.74, 6) is -0.103. The number of aryl methyl sites for hydroxylation is 1. The summed E-state index contributed by atoms with van der Waals surface area (Å²) in [5, 5.41) is 0. The highest BCUT2D eigenvalue weighted by Gasteiger charge is 2.05. The molecule has 2 amide bonds. The van der Waals surface area contributed by atoms with Gasteiger partial charge < -0.3 is 9.47 Å². The lowest BCUT2D eigenvalue weighted by atomic mass is 10.2. The standard InChI is InChI=1S/C15H22N2O4/c1-3-12-5-7-13(8-6-12)21-11-15(19)17-16-14(18)9-10-20-4-2/h5-8H,3-4,9-11H2,1-2H3,(H,16,18)(H,17,19). The fourth-order valence-electron chi connectivity index (χ4n) is 1.52. The predicted octanol–water partition coefficient (Wildman–Crippen LogP) is 1.20. The molecular weight excluding hydrogens is 272 g/mol. The summed E-state index contributed by atoms with van der Waals surface area (Å²) in [6.45, 7) is 4.65. The Morgan fingerprint density at radius 1 is 1.05 bits per heavy atom. The number of hydrazine groups is 1. The Hall–Kier alpha value is -2.08. The minimum atomic E-state index is -0.417. The molecule has 2 N–H and O–H groups in total. The molecular formula is C15H22N2O4. The van der Waals surface area contributed by atoms with Crippen LogP contribution in [0.4, 0.5) is 0 Å². The normalized spacial score (nSPS) is 10.0. The monoisotopic (exact) mass is 294 g/mol. The molecule has 0 bridgehead atoms. The largest absolute Gasteiger partial charge is 0.484 e. The van der Waals surface area contributed by atoms with Crippen molar-refractivity contribution in [2.24, 2.45) is 0 Å². The highest BCUT2D eigenvalue weighted by molar-refractivity contribution is 5.82. The second-order valence-corrected chi connectivity index (χ2v) is 4.33. The van der Waals surface area contributed by atoms with Crippen molar-refractivity contribution < 1.29 is 19.1 Å². The molecule has 0 fully saturated rings. The molecule has 0 spiro atoms. The van der Waals surface area contributed by atoms with Crippen molar-refractivity contribution in [2.75, 3.05) is 19.8 Å². The van der Waals surface area contributed by atoms with Gasteiger partial charge in [0.2, 0.25) is 5.91 Å². The van der Waals surface area contributed by atoms with Crippen LogP contribution in [0, 0.1) is 0 Å². The molecule has 0 saturated heterocycles. The predicted molar refractivity (Wildman–Crippen MR) is 78.7 cm³/mol. The van der Waals surface area contributed by atoms with Crippen molar-refractivity contribution >= 4 is 11.8 Å². The van der Waals surface area contributed by atoms with Gasteiger partial charge in [-0.3, -0.25) is 20.4 Å². The van der Waals surface area contributed by atoms with Crippen molar-refractivity contribution in [1.29, 1.82) is 0 Å². The van der Waals surface area contributed by atoms with Gasteiger partial charge in [0, 0.05) is 6.61 Å². The lowest BCUT2D eigenvalue weighted by Gasteiger charge is -2.09. The highest BCUT2D eigenvalue weighted by atomic mass is 16.5. The molecule has 1 aromatic rings. The molecule has 0 aliphatic heterocycles. The third kappa shape index (κ3) is 7.31. The zero-order valence-electron chi connectivity index (χ0n) is 12.5. The molecule has 0 saturated carbocycles. The van der Waals surface area contributed by atoms with E-state index in [1.165, 1.54) is 5.56 Å². The number of amides is 2. The van der Waals surface area contributed by atoms with Gasteiger partial charge in [-0.25, -0.2) is 0 Å². The Balaban J connectivity index is 2.19. The second kappa shape index (κ2) is 9.77. The number of hydrogen-bond donors (Lipinski definition) is 2. The Labute approximate surface area is 124 Å². The van der Waals surface area contributed by atoms with E-state index in [1.807, 2.05) is 31.2 Å². The Morgan fingerprint density at radius 2 is 1.71 bits per heavy atom. The van der Waals surface area contributed by atoms with Crippen LogP contribution in [0.25, 0.3) is 0 Å². The summed E-state index contributed by atoms with van der Waals surface area (Å²) in [4.78, 5) is 22.8. The van der Waals surface area contributed by atoms with E-state index >= 15 is 0 Å². The van der Waals surface area contributed by atoms with Crippen LogP contribution in [-0.2, 0) is 20.7 Å². The number of carbonyl (C=O) groups excluding carboxylic acids is 2. The van der Waals surface area contributed by atoms with E-state index in [4.69, 9.17) is 9.47 Å². The lowest BCUT2D eigenvalue weighted by Crippen LogP contribution is -2.44. The lowest BCUT2D eigenvalue weighted by molar-refractivity contribution is -0.130. The minimum Gasteiger partial charge on any atom is -0.484 e. The summed E-state index contributed by atoms with van der Waals surface area (Å²) < 4.78 is 10.3. The molecule has 0 radical (unpaired) electrons. The molecule has 1 aromatic carbocycles. The van der Waals surface area contributed by atoms with E-state index in [2.05, 4.69) is 17.8 Å². The fourth-order valence-corrected chi connectivity index (χ4v) is 1.52. The third-order valence-electron chi connectivity index (χ3n) is 2.72. The zero-order chi connectivity index (χ0) is 15.5. The number of nitrogens with one attached hydrogen (secondary N) is 2. The van der Waals surface area contributed by atoms with Crippen LogP contribution in [0.15, 0.2) is 24.3 Å². The van der Waals surface area contributed by atoms with Gasteiger partial charge in [-0.1, -0.05) is 19.1 Å². The smallest absolute Gasteiger partial charge is 0.276 e. The quantitative estimate of drug-likeness (QED) is 0.558. The van der Waals surface area contributed by atoms with E-state index in [0.717, 1.165) is 6.42 Å². The highest BCUT2D eigenvalue weighted by Crippen LogP contribution is 2.12. The minimum absolute atomic E-state index is 0.156. The molecule has 0 heterocycles. The van der Waals surface area contributed by atoms with Gasteiger partial charge in [-0.05, 0) is 31.0 Å². The number of hydrogen-bond acceptors (Lipinski definition) is 4. The van der Waals surface area contributed by atoms with Gasteiger partial charge >= 0.3 is 0 Å². The average molecular weight is 294 g/mol. The van der Waals surface area contributed by atoms with Crippen LogP contribution in [0.1, 0.15) is 25.8 Å². The third-order valence-corrected chi connectivity index (χ3v) is 2.72. The summed E-state index contributed by atoms with van der Waals surface area (Å²) >= 11 is 0. The van der Waals surface area contributed by atoms with Gasteiger partial charge in [-0.15, -0.1) is 0 Å². The fraction of sp³-hybridized carbons (Fsp3) is 0.467. The van der Waals surface area contributed by atoms with E-state index in [9.17, 15) is 9.59 Å². The zero-order valence-corrected chi connectivity index (χ0v) is 12.5. The van der Waals surface area contributed by atoms with Crippen LogP contribution in [0.2, 0.25) is 0 Å². The van der Waals surface area contributed by atoms with E-state index < -0.39 is 5.91 Å². The first kappa shape index (κ1) is 17.0. The number of rotatable bonds is 8. The van der Waals surface area contributed by atoms with Crippen molar-refractivity contribution in [3.63, 3.8) is 0 Å². The summed E-state index contributed by atoms with van der Waals surface area (Å²) in [5.41, 5.74) is 5.78. The van der Waals surface area contributed by atoms with Crippen molar-refractivity contribution in [1.82, 2.24) is 10.9 Å². The Kier molecular flexibility index (Phi) is 7.89. The maximum absolute atomic E-state index is 11.5. The van der Waals surface area contributed by atoms with E-state index in [1.54, 1.807) is 0 Å². The molecule has 0 unspecified atom stereocenters. The molecule has 0 atom stereocenters. The first-order valence-electron chi connectivity index (χ1n) is 7.02. The Morgan fingerprint density at radius 3 is 2.33 bits per heavy atom. The van der Waals surface area contributed by atoms with Crippen LogP contribution in [-0.4, -0.2) is 31.6 Å². The number of ether oxygens (including phenoxy) is 2. The SMILES string of the molecule is CCOCCC(=O)NNC(=O)COc1ccc(CC)cc1. The van der Waals surface area contributed by atoms with Gasteiger partial charge in [0.25, 0.3) is 5.91 Å². The molecule has 1 rings (SSSR count). The van der Waals surface area contributed by atoms with Crippen LogP contribution in [0.3, 0.4) is 0 Å². The molecule has 6 nitrogen and oxygen atoms in total. The summed E-state index contributed by atoms with van der Waals surface area (Å²) in [6.07, 6.45) is 1.15. The van der Waals surface area contributed by atoms with Crippen molar-refractivity contribution in [2.45, 2.75) is 26.7 Å². The van der Waals surface area contributed by atoms with E-state index in [0.29, 0.717) is 19.0 Å². The maximum atomic E-state index is 11.5. The van der Waals surface area contributed by atoms with Gasteiger partial charge in [-0.2, -0.15) is 0 Å². The van der Waals surface area contributed by atoms with E-state index in [-0.39, 0.29) is 18.9 Å². The van der Waals surface area contributed by atoms with Crippen molar-refractivity contribution in [3.05, 3.63) is 29.8 Å². The first-order valence-corrected chi connectivity index (χ1v) is 7.02. The second-order valence-electron chi connectivity index (χ2n) is 4.33. The molecule has 6 heteroatoms. The molecule has 0 aliphatic rings. The van der Waals surface area contributed by atoms with Crippen LogP contribution < -0.4 is 15.6 Å². The number of carbonyl (C=O) groups is 2. The van der Waals surface area contributed by atoms with Crippen LogP contribution >= 0.6 is 0 Å². The van der Waals surface area contributed by atoms with Crippen molar-refractivity contribution in [3.8, 4) is 5.75 Å². The molecule has 0 aliphatic carbocycles. The average Bonchev–Trinajstić information content (AvgIpc) is 2.51. The van der Waals surface area contributed by atoms with Crippen LogP contribution in [0.5, 0.6) is 5.75 Å². The topological polar surface area (TPSA) is 76.7 Å². The summed E-state index contributed by atoms with van der Waals surface area (Å²) in [6, 6.07) is 7.52. The number of benzene rings is 1. The van der Waals surface area contributed by atoms with Gasteiger partial charge in [0.05, 0.1) is 13.0 Å². The molecule has 0 aromatic heterocycles. The summed E-state index contributed by atoms with van der Waals surface area (Å²) in [7, 11) is 0.